The summed E-state index contributed by atoms with van der Waals surface area (Å²) in [6.45, 7) is 2.04. The van der Waals surface area contributed by atoms with Crippen molar-refractivity contribution in [2.24, 2.45) is 0 Å². The number of sulfone groups is 1. The second kappa shape index (κ2) is 8.35. The number of nitrogens with one attached hydrogen (secondary N) is 1. The SMILES string of the molecule is Cc1nn([C@H]2CCS(=O)(=O)C2)c2nc(-c3cccs3)cc(C(=O)NCc3ccc(F)cc3)c12. The van der Waals surface area contributed by atoms with Crippen molar-refractivity contribution in [3.8, 4) is 10.6 Å². The molecule has 170 valence electrons. The van der Waals surface area contributed by atoms with Crippen molar-refractivity contribution in [2.45, 2.75) is 25.9 Å². The minimum Gasteiger partial charge on any atom is -0.348 e. The Morgan fingerprint density at radius 1 is 1.27 bits per heavy atom. The topological polar surface area (TPSA) is 93.9 Å². The molecule has 0 aliphatic carbocycles. The Labute approximate surface area is 194 Å². The number of fused-ring (bicyclic) bond motifs is 1. The van der Waals surface area contributed by atoms with E-state index >= 15 is 0 Å². The van der Waals surface area contributed by atoms with E-state index in [2.05, 4.69) is 10.4 Å². The minimum atomic E-state index is -3.12. The summed E-state index contributed by atoms with van der Waals surface area (Å²) in [4.78, 5) is 19.0. The third-order valence-corrected chi connectivity index (χ3v) is 8.42. The molecule has 7 nitrogen and oxygen atoms in total. The van der Waals surface area contributed by atoms with Crippen LogP contribution in [0.3, 0.4) is 0 Å². The monoisotopic (exact) mass is 484 g/mol. The van der Waals surface area contributed by atoms with E-state index in [-0.39, 0.29) is 35.8 Å². The normalized spacial score (nSPS) is 17.5. The van der Waals surface area contributed by atoms with Crippen molar-refractivity contribution >= 4 is 38.1 Å². The quantitative estimate of drug-likeness (QED) is 0.464. The van der Waals surface area contributed by atoms with Crippen LogP contribution >= 0.6 is 11.3 Å². The molecule has 10 heteroatoms. The fourth-order valence-electron chi connectivity index (χ4n) is 4.15. The average Bonchev–Trinajstić information content (AvgIpc) is 3.52. The summed E-state index contributed by atoms with van der Waals surface area (Å²) in [5.41, 5.74) is 2.96. The Hall–Kier alpha value is -3.11. The van der Waals surface area contributed by atoms with Crippen LogP contribution < -0.4 is 5.32 Å². The maximum atomic E-state index is 13.3. The molecule has 0 bridgehead atoms. The molecule has 5 rings (SSSR count). The number of benzene rings is 1. The first-order valence-electron chi connectivity index (χ1n) is 10.5. The van der Waals surface area contributed by atoms with E-state index in [9.17, 15) is 17.6 Å². The van der Waals surface area contributed by atoms with Gasteiger partial charge in [-0.05, 0) is 48.6 Å². The zero-order valence-electron chi connectivity index (χ0n) is 17.8. The summed E-state index contributed by atoms with van der Waals surface area (Å²) in [5, 5.41) is 10.0. The van der Waals surface area contributed by atoms with Crippen LogP contribution in [0.25, 0.3) is 21.6 Å². The highest BCUT2D eigenvalue weighted by molar-refractivity contribution is 7.91. The Kier molecular flexibility index (Phi) is 5.49. The van der Waals surface area contributed by atoms with Crippen LogP contribution in [0.4, 0.5) is 4.39 Å². The van der Waals surface area contributed by atoms with E-state index in [1.165, 1.54) is 23.5 Å². The molecular weight excluding hydrogens is 463 g/mol. The Morgan fingerprint density at radius 2 is 2.06 bits per heavy atom. The molecule has 1 N–H and O–H groups in total. The number of thiophene rings is 1. The van der Waals surface area contributed by atoms with E-state index in [0.717, 1.165) is 10.4 Å². The highest BCUT2D eigenvalue weighted by Crippen LogP contribution is 2.33. The van der Waals surface area contributed by atoms with Gasteiger partial charge < -0.3 is 5.32 Å². The second-order valence-electron chi connectivity index (χ2n) is 8.13. The van der Waals surface area contributed by atoms with Gasteiger partial charge in [0.15, 0.2) is 15.5 Å². The van der Waals surface area contributed by atoms with Crippen LogP contribution in [0.2, 0.25) is 0 Å². The van der Waals surface area contributed by atoms with Crippen LogP contribution in [0, 0.1) is 12.7 Å². The number of carbonyl (C=O) groups excluding carboxylic acids is 1. The van der Waals surface area contributed by atoms with Gasteiger partial charge in [-0.3, -0.25) is 4.79 Å². The molecule has 1 aliphatic heterocycles. The number of hydrogen-bond donors (Lipinski definition) is 1. The van der Waals surface area contributed by atoms with Crippen molar-refractivity contribution < 1.29 is 17.6 Å². The molecule has 4 heterocycles. The third kappa shape index (κ3) is 4.28. The van der Waals surface area contributed by atoms with Crippen molar-refractivity contribution in [1.82, 2.24) is 20.1 Å². The molecule has 0 radical (unpaired) electrons. The fourth-order valence-corrected chi connectivity index (χ4v) is 6.52. The van der Waals surface area contributed by atoms with Crippen molar-refractivity contribution in [1.29, 1.82) is 0 Å². The first kappa shape index (κ1) is 21.7. The van der Waals surface area contributed by atoms with Crippen LogP contribution in [0.1, 0.15) is 34.1 Å². The number of carbonyl (C=O) groups is 1. The number of hydrogen-bond acceptors (Lipinski definition) is 6. The molecule has 33 heavy (non-hydrogen) atoms. The summed E-state index contributed by atoms with van der Waals surface area (Å²) in [6.07, 6.45) is 0.468. The van der Waals surface area contributed by atoms with Gasteiger partial charge in [0.25, 0.3) is 5.91 Å². The number of aryl methyl sites for hydroxylation is 1. The van der Waals surface area contributed by atoms with Crippen LogP contribution in [0.5, 0.6) is 0 Å². The fraction of sp³-hybridized carbons (Fsp3) is 0.261. The second-order valence-corrected chi connectivity index (χ2v) is 11.3. The molecule has 1 saturated heterocycles. The van der Waals surface area contributed by atoms with E-state index < -0.39 is 9.84 Å². The highest BCUT2D eigenvalue weighted by atomic mass is 32.2. The molecule has 4 aromatic rings. The van der Waals surface area contributed by atoms with E-state index in [0.29, 0.717) is 34.4 Å². The lowest BCUT2D eigenvalue weighted by Crippen LogP contribution is -2.23. The van der Waals surface area contributed by atoms with Crippen molar-refractivity contribution in [3.63, 3.8) is 0 Å². The van der Waals surface area contributed by atoms with E-state index in [1.54, 1.807) is 29.8 Å². The largest absolute Gasteiger partial charge is 0.348 e. The summed E-state index contributed by atoms with van der Waals surface area (Å²) in [5.74, 6) is -0.502. The standard InChI is InChI=1S/C23H21FN4O3S2/c1-14-21-18(23(29)25-12-15-4-6-16(24)7-5-15)11-19(20-3-2-9-32-20)26-22(21)28(27-14)17-8-10-33(30,31)13-17/h2-7,9,11,17H,8,10,12-13H2,1H3,(H,25,29)/t17-/m0/s1. The molecule has 1 amide bonds. The number of amides is 1. The number of aromatic nitrogens is 3. The maximum Gasteiger partial charge on any atom is 0.252 e. The average molecular weight is 485 g/mol. The zero-order chi connectivity index (χ0) is 23.2. The first-order chi connectivity index (χ1) is 15.8. The van der Waals surface area contributed by atoms with Gasteiger partial charge in [-0.25, -0.2) is 22.5 Å². The Bertz CT molecular complexity index is 1450. The lowest BCUT2D eigenvalue weighted by Gasteiger charge is -2.12. The van der Waals surface area contributed by atoms with Crippen LogP contribution in [-0.2, 0) is 16.4 Å². The van der Waals surface area contributed by atoms with Gasteiger partial charge in [0.05, 0.1) is 44.8 Å². The summed E-state index contributed by atoms with van der Waals surface area (Å²) in [6, 6.07) is 11.2. The van der Waals surface area contributed by atoms with E-state index in [1.807, 2.05) is 17.5 Å². The number of nitrogens with zero attached hydrogens (tertiary/aromatic N) is 3. The van der Waals surface area contributed by atoms with Crippen LogP contribution in [0.15, 0.2) is 47.8 Å². The Morgan fingerprint density at radius 3 is 2.73 bits per heavy atom. The summed E-state index contributed by atoms with van der Waals surface area (Å²) < 4.78 is 39.0. The van der Waals surface area contributed by atoms with E-state index in [4.69, 9.17) is 4.98 Å². The molecule has 0 saturated carbocycles. The number of rotatable bonds is 5. The molecular formula is C23H21FN4O3S2. The van der Waals surface area contributed by atoms with Crippen molar-refractivity contribution in [2.75, 3.05) is 11.5 Å². The summed E-state index contributed by atoms with van der Waals surface area (Å²) >= 11 is 1.51. The molecule has 0 unspecified atom stereocenters. The van der Waals surface area contributed by atoms with Gasteiger partial charge in [0, 0.05) is 6.54 Å². The lowest BCUT2D eigenvalue weighted by molar-refractivity contribution is 0.0952. The van der Waals surface area contributed by atoms with Crippen LogP contribution in [-0.4, -0.2) is 40.6 Å². The first-order valence-corrected chi connectivity index (χ1v) is 13.2. The van der Waals surface area contributed by atoms with Gasteiger partial charge in [-0.15, -0.1) is 11.3 Å². The maximum absolute atomic E-state index is 13.3. The molecule has 1 aliphatic rings. The predicted molar refractivity (Wildman–Crippen MR) is 125 cm³/mol. The Balaban J connectivity index is 1.58. The molecule has 1 fully saturated rings. The molecule has 1 atom stereocenters. The van der Waals surface area contributed by atoms with Crippen molar-refractivity contribution in [3.05, 3.63) is 70.5 Å². The highest BCUT2D eigenvalue weighted by Gasteiger charge is 2.32. The number of pyridine rings is 1. The lowest BCUT2D eigenvalue weighted by atomic mass is 10.1. The van der Waals surface area contributed by atoms with Gasteiger partial charge in [-0.2, -0.15) is 5.10 Å². The summed E-state index contributed by atoms with van der Waals surface area (Å²) in [7, 11) is -3.12. The smallest absolute Gasteiger partial charge is 0.252 e. The number of halogens is 1. The van der Waals surface area contributed by atoms with Gasteiger partial charge in [0.2, 0.25) is 0 Å². The van der Waals surface area contributed by atoms with Gasteiger partial charge in [0.1, 0.15) is 5.82 Å². The molecule has 3 aromatic heterocycles. The van der Waals surface area contributed by atoms with Gasteiger partial charge >= 0.3 is 0 Å². The predicted octanol–water partition coefficient (Wildman–Crippen LogP) is 3.90. The molecule has 1 aromatic carbocycles. The van der Waals surface area contributed by atoms with Gasteiger partial charge in [-0.1, -0.05) is 18.2 Å². The third-order valence-electron chi connectivity index (χ3n) is 5.78. The minimum absolute atomic E-state index is 0.0141. The zero-order valence-corrected chi connectivity index (χ0v) is 19.4. The molecule has 0 spiro atoms.